The Morgan fingerprint density at radius 1 is 1.08 bits per heavy atom. The molecule has 0 spiro atoms. The molecule has 2 aromatic carbocycles. The number of carbonyl (C=O) groups excluding carboxylic acids is 2. The lowest BCUT2D eigenvalue weighted by Gasteiger charge is -2.09. The molecule has 0 saturated heterocycles. The highest BCUT2D eigenvalue weighted by Crippen LogP contribution is 2.27. The second-order valence-electron chi connectivity index (χ2n) is 5.33. The fourth-order valence-electron chi connectivity index (χ4n) is 2.27. The summed E-state index contributed by atoms with van der Waals surface area (Å²) in [5.74, 6) is -0.558. The van der Waals surface area contributed by atoms with E-state index in [9.17, 15) is 14.0 Å². The van der Waals surface area contributed by atoms with E-state index in [2.05, 4.69) is 0 Å². The van der Waals surface area contributed by atoms with Gasteiger partial charge in [0, 0.05) is 11.1 Å². The zero-order valence-corrected chi connectivity index (χ0v) is 14.7. The number of furan rings is 1. The van der Waals surface area contributed by atoms with Crippen molar-refractivity contribution in [2.24, 2.45) is 0 Å². The Morgan fingerprint density at radius 3 is 2.58 bits per heavy atom. The summed E-state index contributed by atoms with van der Waals surface area (Å²) >= 11 is 12.0. The van der Waals surface area contributed by atoms with E-state index >= 15 is 0 Å². The molecule has 26 heavy (non-hydrogen) atoms. The largest absolute Gasteiger partial charge is 0.457 e. The highest BCUT2D eigenvalue weighted by molar-refractivity contribution is 6.33. The fraction of sp³-hybridized carbons (Fsp3) is 0.0526. The van der Waals surface area contributed by atoms with Gasteiger partial charge in [-0.1, -0.05) is 29.3 Å². The number of aldehydes is 1. The number of halogens is 3. The number of ether oxygens (including phenoxy) is 1. The van der Waals surface area contributed by atoms with E-state index in [1.54, 1.807) is 12.1 Å². The van der Waals surface area contributed by atoms with Crippen molar-refractivity contribution in [1.29, 1.82) is 0 Å². The van der Waals surface area contributed by atoms with Crippen molar-refractivity contribution in [3.63, 3.8) is 0 Å². The smallest absolute Gasteiger partial charge is 0.340 e. The Hall–Kier alpha value is -2.63. The first kappa shape index (κ1) is 18.2. The van der Waals surface area contributed by atoms with Crippen LogP contribution in [0.1, 0.15) is 26.5 Å². The lowest BCUT2D eigenvalue weighted by atomic mass is 10.1. The van der Waals surface area contributed by atoms with Crippen LogP contribution in [0.25, 0.3) is 11.3 Å². The van der Waals surface area contributed by atoms with Gasteiger partial charge in [0.1, 0.15) is 18.2 Å². The van der Waals surface area contributed by atoms with E-state index in [-0.39, 0.29) is 28.0 Å². The number of hydrogen-bond donors (Lipinski definition) is 0. The SMILES string of the molecule is O=Cc1ccc(-c2ccc(Cl)c(C(=O)OCc3ccc(F)cc3Cl)c2)o1. The standard InChI is InChI=1S/C19H11Cl2FO4/c20-16-5-2-11(18-6-4-14(9-23)26-18)7-15(16)19(24)25-10-12-1-3-13(22)8-17(12)21/h1-9H,10H2. The minimum absolute atomic E-state index is 0.130. The van der Waals surface area contributed by atoms with Crippen molar-refractivity contribution in [3.8, 4) is 11.3 Å². The van der Waals surface area contributed by atoms with Crippen molar-refractivity contribution >= 4 is 35.5 Å². The Bertz CT molecular complexity index is 981. The summed E-state index contributed by atoms with van der Waals surface area (Å²) in [6.07, 6.45) is 0.584. The van der Waals surface area contributed by atoms with Gasteiger partial charge in [-0.15, -0.1) is 0 Å². The number of hydrogen-bond acceptors (Lipinski definition) is 4. The van der Waals surface area contributed by atoms with E-state index in [1.807, 2.05) is 0 Å². The molecule has 1 aromatic heterocycles. The quantitative estimate of drug-likeness (QED) is 0.421. The van der Waals surface area contributed by atoms with Gasteiger partial charge in [0.05, 0.1) is 15.6 Å². The molecule has 4 nitrogen and oxygen atoms in total. The Labute approximate surface area is 158 Å². The summed E-state index contributed by atoms with van der Waals surface area (Å²) < 4.78 is 23.6. The number of rotatable bonds is 5. The van der Waals surface area contributed by atoms with Gasteiger partial charge in [0.15, 0.2) is 12.0 Å². The van der Waals surface area contributed by atoms with E-state index < -0.39 is 11.8 Å². The van der Waals surface area contributed by atoms with Gasteiger partial charge in [0.2, 0.25) is 0 Å². The van der Waals surface area contributed by atoms with Crippen LogP contribution >= 0.6 is 23.2 Å². The maximum Gasteiger partial charge on any atom is 0.340 e. The van der Waals surface area contributed by atoms with Crippen molar-refractivity contribution in [2.75, 3.05) is 0 Å². The fourth-order valence-corrected chi connectivity index (χ4v) is 2.68. The van der Waals surface area contributed by atoms with Crippen molar-refractivity contribution in [2.45, 2.75) is 6.61 Å². The third-order valence-electron chi connectivity index (χ3n) is 3.59. The lowest BCUT2D eigenvalue weighted by molar-refractivity contribution is 0.0473. The van der Waals surface area contributed by atoms with Crippen LogP contribution in [0.4, 0.5) is 4.39 Å². The van der Waals surface area contributed by atoms with Crippen LogP contribution in [0.5, 0.6) is 0 Å². The molecule has 7 heteroatoms. The van der Waals surface area contributed by atoms with Gasteiger partial charge < -0.3 is 9.15 Å². The molecule has 3 rings (SSSR count). The first-order chi connectivity index (χ1) is 12.5. The summed E-state index contributed by atoms with van der Waals surface area (Å²) in [7, 11) is 0. The average molecular weight is 393 g/mol. The van der Waals surface area contributed by atoms with Gasteiger partial charge in [-0.25, -0.2) is 9.18 Å². The van der Waals surface area contributed by atoms with Crippen molar-refractivity contribution in [3.05, 3.63) is 81.3 Å². The van der Waals surface area contributed by atoms with Crippen LogP contribution in [-0.2, 0) is 11.3 Å². The predicted molar refractivity (Wildman–Crippen MR) is 95.1 cm³/mol. The molecule has 0 aliphatic carbocycles. The number of carbonyl (C=O) groups is 2. The monoisotopic (exact) mass is 392 g/mol. The van der Waals surface area contributed by atoms with Crippen LogP contribution in [0, 0.1) is 5.82 Å². The minimum atomic E-state index is -0.667. The molecular weight excluding hydrogens is 382 g/mol. The van der Waals surface area contributed by atoms with Gasteiger partial charge >= 0.3 is 5.97 Å². The highest BCUT2D eigenvalue weighted by Gasteiger charge is 2.16. The summed E-state index contributed by atoms with van der Waals surface area (Å²) in [4.78, 5) is 23.1. The number of benzene rings is 2. The van der Waals surface area contributed by atoms with Crippen LogP contribution in [0.3, 0.4) is 0 Å². The van der Waals surface area contributed by atoms with Crippen LogP contribution in [0.2, 0.25) is 10.0 Å². The summed E-state index contributed by atoms with van der Waals surface area (Å²) in [6, 6.07) is 11.6. The molecule has 0 saturated carbocycles. The molecular formula is C19H11Cl2FO4. The minimum Gasteiger partial charge on any atom is -0.457 e. The first-order valence-electron chi connectivity index (χ1n) is 7.44. The Balaban J connectivity index is 1.80. The van der Waals surface area contributed by atoms with E-state index in [4.69, 9.17) is 32.4 Å². The molecule has 3 aromatic rings. The molecule has 0 bridgehead atoms. The second kappa shape index (κ2) is 7.72. The molecule has 0 aliphatic heterocycles. The second-order valence-corrected chi connectivity index (χ2v) is 6.14. The summed E-state index contributed by atoms with van der Waals surface area (Å²) in [5.41, 5.74) is 1.16. The third-order valence-corrected chi connectivity index (χ3v) is 4.27. The Morgan fingerprint density at radius 2 is 1.88 bits per heavy atom. The summed E-state index contributed by atoms with van der Waals surface area (Å²) in [5, 5.41) is 0.362. The Kier molecular flexibility index (Phi) is 5.40. The van der Waals surface area contributed by atoms with E-state index in [1.165, 1.54) is 30.3 Å². The van der Waals surface area contributed by atoms with Gasteiger partial charge in [-0.2, -0.15) is 0 Å². The number of esters is 1. The lowest BCUT2D eigenvalue weighted by Crippen LogP contribution is -2.06. The predicted octanol–water partition coefficient (Wildman–Crippen LogP) is 5.56. The van der Waals surface area contributed by atoms with Crippen molar-refractivity contribution in [1.82, 2.24) is 0 Å². The topological polar surface area (TPSA) is 56.5 Å². The molecule has 132 valence electrons. The molecule has 0 N–H and O–H groups in total. The first-order valence-corrected chi connectivity index (χ1v) is 8.19. The van der Waals surface area contributed by atoms with Crippen molar-refractivity contribution < 1.29 is 23.1 Å². The van der Waals surface area contributed by atoms with E-state index in [0.29, 0.717) is 23.2 Å². The van der Waals surface area contributed by atoms with Crippen LogP contribution in [0.15, 0.2) is 52.9 Å². The molecule has 0 atom stereocenters. The van der Waals surface area contributed by atoms with Crippen LogP contribution in [-0.4, -0.2) is 12.3 Å². The highest BCUT2D eigenvalue weighted by atomic mass is 35.5. The molecule has 0 amide bonds. The zero-order chi connectivity index (χ0) is 18.7. The molecule has 0 fully saturated rings. The van der Waals surface area contributed by atoms with E-state index in [0.717, 1.165) is 6.07 Å². The zero-order valence-electron chi connectivity index (χ0n) is 13.2. The maximum atomic E-state index is 13.1. The third kappa shape index (κ3) is 3.95. The average Bonchev–Trinajstić information content (AvgIpc) is 3.10. The normalized spacial score (nSPS) is 10.6. The maximum absolute atomic E-state index is 13.1. The van der Waals surface area contributed by atoms with Crippen LogP contribution < -0.4 is 0 Å². The molecule has 0 unspecified atom stereocenters. The van der Waals surface area contributed by atoms with Gasteiger partial charge in [-0.3, -0.25) is 4.79 Å². The van der Waals surface area contributed by atoms with Gasteiger partial charge in [0.25, 0.3) is 0 Å². The molecule has 1 heterocycles. The van der Waals surface area contributed by atoms with Gasteiger partial charge in [-0.05, 0) is 42.5 Å². The molecule has 0 aliphatic rings. The summed E-state index contributed by atoms with van der Waals surface area (Å²) in [6.45, 7) is -0.130. The molecule has 0 radical (unpaired) electrons.